The highest BCUT2D eigenvalue weighted by molar-refractivity contribution is 7.99. The maximum absolute atomic E-state index is 5.86. The smallest absolute Gasteiger partial charge is 0.0946 e. The lowest BCUT2D eigenvalue weighted by Crippen LogP contribution is -1.97. The van der Waals surface area contributed by atoms with Crippen molar-refractivity contribution in [3.8, 4) is 0 Å². The van der Waals surface area contributed by atoms with Crippen LogP contribution in [0.15, 0.2) is 41.8 Å². The van der Waals surface area contributed by atoms with E-state index in [1.165, 1.54) is 0 Å². The third-order valence-electron chi connectivity index (χ3n) is 2.14. The summed E-state index contributed by atoms with van der Waals surface area (Å²) in [6.07, 6.45) is 5.54. The Balaban J connectivity index is 1.90. The molecule has 2 rings (SSSR count). The first-order valence-corrected chi connectivity index (χ1v) is 6.25. The SMILES string of the molecule is Nc1cc(Cl)ccc1SCCn1ccnc1. The average molecular weight is 254 g/mol. The normalized spacial score (nSPS) is 10.6. The molecule has 0 aliphatic rings. The molecule has 1 aromatic heterocycles. The van der Waals surface area contributed by atoms with Gasteiger partial charge in [-0.05, 0) is 18.2 Å². The molecule has 2 aromatic rings. The number of nitrogens with zero attached hydrogens (tertiary/aromatic N) is 2. The molecular formula is C11H12ClN3S. The van der Waals surface area contributed by atoms with E-state index in [1.54, 1.807) is 24.0 Å². The summed E-state index contributed by atoms with van der Waals surface area (Å²) in [7, 11) is 0. The van der Waals surface area contributed by atoms with Crippen LogP contribution < -0.4 is 5.73 Å². The number of hydrogen-bond acceptors (Lipinski definition) is 3. The van der Waals surface area contributed by atoms with E-state index in [0.717, 1.165) is 22.9 Å². The van der Waals surface area contributed by atoms with Crippen molar-refractivity contribution < 1.29 is 0 Å². The summed E-state index contributed by atoms with van der Waals surface area (Å²) in [5.74, 6) is 0.961. The minimum Gasteiger partial charge on any atom is -0.398 e. The van der Waals surface area contributed by atoms with Gasteiger partial charge in [0.2, 0.25) is 0 Å². The second kappa shape index (κ2) is 5.27. The summed E-state index contributed by atoms with van der Waals surface area (Å²) in [6, 6.07) is 5.59. The van der Waals surface area contributed by atoms with Crippen molar-refractivity contribution in [3.63, 3.8) is 0 Å². The van der Waals surface area contributed by atoms with Crippen LogP contribution in [0.25, 0.3) is 0 Å². The third-order valence-corrected chi connectivity index (χ3v) is 3.44. The number of nitrogens with two attached hydrogens (primary N) is 1. The minimum atomic E-state index is 0.677. The lowest BCUT2D eigenvalue weighted by molar-refractivity contribution is 0.770. The van der Waals surface area contributed by atoms with Crippen molar-refractivity contribution in [3.05, 3.63) is 41.9 Å². The predicted octanol–water partition coefficient (Wildman–Crippen LogP) is 2.91. The zero-order valence-electron chi connectivity index (χ0n) is 8.64. The van der Waals surface area contributed by atoms with Crippen molar-refractivity contribution in [1.82, 2.24) is 9.55 Å². The Morgan fingerprint density at radius 1 is 1.44 bits per heavy atom. The first-order chi connectivity index (χ1) is 7.75. The van der Waals surface area contributed by atoms with Crippen LogP contribution in [-0.4, -0.2) is 15.3 Å². The molecular weight excluding hydrogens is 242 g/mol. The van der Waals surface area contributed by atoms with Crippen LogP contribution in [0.4, 0.5) is 5.69 Å². The second-order valence-corrected chi connectivity index (χ2v) is 4.90. The Bertz CT molecular complexity index is 456. The summed E-state index contributed by atoms with van der Waals surface area (Å²) in [5.41, 5.74) is 6.60. The number of aryl methyl sites for hydroxylation is 1. The fraction of sp³-hybridized carbons (Fsp3) is 0.182. The summed E-state index contributed by atoms with van der Waals surface area (Å²) < 4.78 is 2.04. The van der Waals surface area contributed by atoms with Crippen LogP contribution >= 0.6 is 23.4 Å². The van der Waals surface area contributed by atoms with Crippen molar-refractivity contribution in [2.24, 2.45) is 0 Å². The van der Waals surface area contributed by atoms with Gasteiger partial charge in [-0.1, -0.05) is 11.6 Å². The lowest BCUT2D eigenvalue weighted by atomic mass is 10.3. The molecule has 0 saturated carbocycles. The maximum Gasteiger partial charge on any atom is 0.0946 e. The van der Waals surface area contributed by atoms with E-state index in [9.17, 15) is 0 Å². The zero-order chi connectivity index (χ0) is 11.4. The maximum atomic E-state index is 5.86. The number of anilines is 1. The van der Waals surface area contributed by atoms with Crippen molar-refractivity contribution in [2.75, 3.05) is 11.5 Å². The molecule has 0 saturated heterocycles. The number of aromatic nitrogens is 2. The van der Waals surface area contributed by atoms with Gasteiger partial charge in [-0.3, -0.25) is 0 Å². The van der Waals surface area contributed by atoms with E-state index in [2.05, 4.69) is 4.98 Å². The van der Waals surface area contributed by atoms with Crippen molar-refractivity contribution in [1.29, 1.82) is 0 Å². The van der Waals surface area contributed by atoms with E-state index in [-0.39, 0.29) is 0 Å². The van der Waals surface area contributed by atoms with E-state index in [1.807, 2.05) is 29.2 Å². The Hall–Kier alpha value is -1.13. The number of benzene rings is 1. The molecule has 0 bridgehead atoms. The van der Waals surface area contributed by atoms with Crippen LogP contribution in [0.5, 0.6) is 0 Å². The molecule has 0 aliphatic heterocycles. The minimum absolute atomic E-state index is 0.677. The highest BCUT2D eigenvalue weighted by Gasteiger charge is 2.00. The van der Waals surface area contributed by atoms with Crippen LogP contribution in [0.3, 0.4) is 0 Å². The topological polar surface area (TPSA) is 43.8 Å². The van der Waals surface area contributed by atoms with E-state index in [0.29, 0.717) is 5.02 Å². The van der Waals surface area contributed by atoms with Gasteiger partial charge in [0.05, 0.1) is 6.33 Å². The molecule has 0 radical (unpaired) electrons. The molecule has 0 amide bonds. The molecule has 1 aromatic carbocycles. The van der Waals surface area contributed by atoms with Gasteiger partial charge in [0.1, 0.15) is 0 Å². The molecule has 2 N–H and O–H groups in total. The first kappa shape index (κ1) is 11.4. The molecule has 0 atom stereocenters. The van der Waals surface area contributed by atoms with Gasteiger partial charge < -0.3 is 10.3 Å². The van der Waals surface area contributed by atoms with Gasteiger partial charge in [0, 0.05) is 40.3 Å². The van der Waals surface area contributed by atoms with Crippen LogP contribution in [-0.2, 0) is 6.54 Å². The van der Waals surface area contributed by atoms with Gasteiger partial charge >= 0.3 is 0 Å². The molecule has 0 unspecified atom stereocenters. The van der Waals surface area contributed by atoms with Crippen LogP contribution in [0.2, 0.25) is 5.02 Å². The Kier molecular flexibility index (Phi) is 3.74. The first-order valence-electron chi connectivity index (χ1n) is 4.89. The molecule has 3 nitrogen and oxygen atoms in total. The number of nitrogen functional groups attached to an aromatic ring is 1. The van der Waals surface area contributed by atoms with Crippen LogP contribution in [0.1, 0.15) is 0 Å². The van der Waals surface area contributed by atoms with Crippen LogP contribution in [0, 0.1) is 0 Å². The third kappa shape index (κ3) is 2.93. The predicted molar refractivity (Wildman–Crippen MR) is 68.8 cm³/mol. The fourth-order valence-electron chi connectivity index (χ4n) is 1.33. The van der Waals surface area contributed by atoms with Gasteiger partial charge in [-0.15, -0.1) is 11.8 Å². The van der Waals surface area contributed by atoms with Crippen molar-refractivity contribution in [2.45, 2.75) is 11.4 Å². The molecule has 5 heteroatoms. The Morgan fingerprint density at radius 3 is 3.00 bits per heavy atom. The standard InChI is InChI=1S/C11H12ClN3S/c12-9-1-2-11(10(13)7-9)16-6-5-15-4-3-14-8-15/h1-4,7-8H,5-6,13H2. The number of rotatable bonds is 4. The average Bonchev–Trinajstić information content (AvgIpc) is 2.74. The molecule has 16 heavy (non-hydrogen) atoms. The highest BCUT2D eigenvalue weighted by Crippen LogP contribution is 2.27. The molecule has 84 valence electrons. The highest BCUT2D eigenvalue weighted by atomic mass is 35.5. The van der Waals surface area contributed by atoms with Gasteiger partial charge in [0.25, 0.3) is 0 Å². The summed E-state index contributed by atoms with van der Waals surface area (Å²) in [5, 5.41) is 0.677. The fourth-order valence-corrected chi connectivity index (χ4v) is 2.42. The van der Waals surface area contributed by atoms with Gasteiger partial charge in [-0.2, -0.15) is 0 Å². The van der Waals surface area contributed by atoms with E-state index < -0.39 is 0 Å². The zero-order valence-corrected chi connectivity index (χ0v) is 10.2. The second-order valence-electron chi connectivity index (χ2n) is 3.33. The molecule has 1 heterocycles. The summed E-state index contributed by atoms with van der Waals surface area (Å²) in [4.78, 5) is 5.06. The quantitative estimate of drug-likeness (QED) is 0.673. The van der Waals surface area contributed by atoms with E-state index in [4.69, 9.17) is 17.3 Å². The Morgan fingerprint density at radius 2 is 2.31 bits per heavy atom. The number of thioether (sulfide) groups is 1. The lowest BCUT2D eigenvalue weighted by Gasteiger charge is -2.06. The van der Waals surface area contributed by atoms with Gasteiger partial charge in [-0.25, -0.2) is 4.98 Å². The number of hydrogen-bond donors (Lipinski definition) is 1. The largest absolute Gasteiger partial charge is 0.398 e. The Labute approximate surface area is 104 Å². The van der Waals surface area contributed by atoms with E-state index >= 15 is 0 Å². The molecule has 0 spiro atoms. The number of imidazole rings is 1. The molecule has 0 fully saturated rings. The van der Waals surface area contributed by atoms with Gasteiger partial charge in [0.15, 0.2) is 0 Å². The summed E-state index contributed by atoms with van der Waals surface area (Å²) >= 11 is 7.55. The summed E-state index contributed by atoms with van der Waals surface area (Å²) in [6.45, 7) is 0.923. The number of halogens is 1. The molecule has 0 aliphatic carbocycles. The van der Waals surface area contributed by atoms with Crippen molar-refractivity contribution >= 4 is 29.1 Å². The monoisotopic (exact) mass is 253 g/mol.